The summed E-state index contributed by atoms with van der Waals surface area (Å²) in [6.45, 7) is 5.36. The van der Waals surface area contributed by atoms with Gasteiger partial charge >= 0.3 is 0 Å². The van der Waals surface area contributed by atoms with Gasteiger partial charge in [-0.25, -0.2) is 0 Å². The average molecular weight is 330 g/mol. The molecule has 130 valence electrons. The summed E-state index contributed by atoms with van der Waals surface area (Å²) < 4.78 is 5.22. The lowest BCUT2D eigenvalue weighted by atomic mass is 10.0. The van der Waals surface area contributed by atoms with Gasteiger partial charge in [0.2, 0.25) is 5.91 Å². The van der Waals surface area contributed by atoms with Gasteiger partial charge in [-0.05, 0) is 23.6 Å². The molecule has 0 aliphatic carbocycles. The van der Waals surface area contributed by atoms with E-state index in [9.17, 15) is 9.90 Å². The van der Waals surface area contributed by atoms with Crippen molar-refractivity contribution in [3.63, 3.8) is 0 Å². The smallest absolute Gasteiger partial charge is 0.234 e. The lowest BCUT2D eigenvalue weighted by Gasteiger charge is -2.32. The van der Waals surface area contributed by atoms with Crippen LogP contribution >= 0.6 is 0 Å². The first-order valence-corrected chi connectivity index (χ1v) is 8.28. The molecule has 1 aromatic carbocycles. The van der Waals surface area contributed by atoms with E-state index >= 15 is 0 Å². The summed E-state index contributed by atoms with van der Waals surface area (Å²) in [6, 6.07) is 13.5. The molecular weight excluding hydrogens is 304 g/mol. The lowest BCUT2D eigenvalue weighted by Crippen LogP contribution is -2.46. The Labute approximate surface area is 143 Å². The van der Waals surface area contributed by atoms with Gasteiger partial charge < -0.3 is 14.8 Å². The van der Waals surface area contributed by atoms with Crippen molar-refractivity contribution in [3.8, 4) is 0 Å². The summed E-state index contributed by atoms with van der Waals surface area (Å²) in [4.78, 5) is 14.3. The van der Waals surface area contributed by atoms with Crippen molar-refractivity contribution in [2.45, 2.75) is 33.0 Å². The van der Waals surface area contributed by atoms with Crippen molar-refractivity contribution in [1.82, 2.24) is 10.2 Å². The van der Waals surface area contributed by atoms with Gasteiger partial charge in [0.05, 0.1) is 26.0 Å². The highest BCUT2D eigenvalue weighted by atomic mass is 16.3. The van der Waals surface area contributed by atoms with Gasteiger partial charge in [0.25, 0.3) is 0 Å². The van der Waals surface area contributed by atoms with Crippen LogP contribution in [0.2, 0.25) is 0 Å². The van der Waals surface area contributed by atoms with Crippen LogP contribution in [0.15, 0.2) is 53.1 Å². The van der Waals surface area contributed by atoms with E-state index in [2.05, 4.69) is 19.2 Å². The van der Waals surface area contributed by atoms with E-state index in [-0.39, 0.29) is 31.0 Å². The summed E-state index contributed by atoms with van der Waals surface area (Å²) in [7, 11) is 0. The molecule has 0 fully saturated rings. The van der Waals surface area contributed by atoms with Gasteiger partial charge in [-0.2, -0.15) is 0 Å². The summed E-state index contributed by atoms with van der Waals surface area (Å²) >= 11 is 0. The number of nitrogens with zero attached hydrogens (tertiary/aromatic N) is 1. The normalized spacial score (nSPS) is 12.5. The van der Waals surface area contributed by atoms with E-state index in [4.69, 9.17) is 4.42 Å². The zero-order chi connectivity index (χ0) is 17.4. The van der Waals surface area contributed by atoms with Gasteiger partial charge in [0.1, 0.15) is 5.76 Å². The van der Waals surface area contributed by atoms with Gasteiger partial charge in [0.15, 0.2) is 0 Å². The number of furan rings is 1. The molecule has 5 heteroatoms. The van der Waals surface area contributed by atoms with E-state index in [1.54, 1.807) is 12.3 Å². The predicted molar refractivity (Wildman–Crippen MR) is 93.1 cm³/mol. The fourth-order valence-corrected chi connectivity index (χ4v) is 2.70. The number of aliphatic hydroxyl groups is 1. The number of amides is 1. The second kappa shape index (κ2) is 9.25. The summed E-state index contributed by atoms with van der Waals surface area (Å²) in [5.41, 5.74) is 1.12. The Hall–Kier alpha value is -2.11. The molecule has 24 heavy (non-hydrogen) atoms. The maximum atomic E-state index is 12.3. The fraction of sp³-hybridized carbons (Fsp3) is 0.421. The van der Waals surface area contributed by atoms with Crippen LogP contribution in [0, 0.1) is 5.92 Å². The monoisotopic (exact) mass is 330 g/mol. The van der Waals surface area contributed by atoms with Crippen LogP contribution < -0.4 is 5.32 Å². The van der Waals surface area contributed by atoms with Crippen LogP contribution in [0.1, 0.15) is 25.2 Å². The highest BCUT2D eigenvalue weighted by molar-refractivity contribution is 5.78. The van der Waals surface area contributed by atoms with E-state index in [1.807, 2.05) is 41.3 Å². The Morgan fingerprint density at radius 2 is 1.96 bits per heavy atom. The number of rotatable bonds is 9. The molecule has 0 unspecified atom stereocenters. The molecule has 0 bridgehead atoms. The van der Waals surface area contributed by atoms with Crippen LogP contribution in [-0.2, 0) is 17.9 Å². The molecule has 5 nitrogen and oxygen atoms in total. The standard InChI is InChI=1S/C19H26N2O3/c1-15(2)18(14-22)21(12-16-7-4-3-5-8-16)13-19(23)20-11-17-9-6-10-24-17/h3-10,15,18,22H,11-14H2,1-2H3,(H,20,23)/t18-/m0/s1. The minimum Gasteiger partial charge on any atom is -0.467 e. The van der Waals surface area contributed by atoms with E-state index in [0.29, 0.717) is 13.1 Å². The molecule has 0 radical (unpaired) electrons. The molecule has 0 spiro atoms. The number of benzene rings is 1. The number of hydrogen-bond donors (Lipinski definition) is 2. The van der Waals surface area contributed by atoms with Crippen molar-refractivity contribution < 1.29 is 14.3 Å². The summed E-state index contributed by atoms with van der Waals surface area (Å²) in [5.74, 6) is 0.888. The summed E-state index contributed by atoms with van der Waals surface area (Å²) in [5, 5.41) is 12.6. The first kappa shape index (κ1) is 18.2. The van der Waals surface area contributed by atoms with Crippen molar-refractivity contribution in [1.29, 1.82) is 0 Å². The third kappa shape index (κ3) is 5.51. The SMILES string of the molecule is CC(C)[C@H](CO)N(CC(=O)NCc1ccco1)Cc1ccccc1. The second-order valence-corrected chi connectivity index (χ2v) is 6.24. The number of aliphatic hydroxyl groups excluding tert-OH is 1. The predicted octanol–water partition coefficient (Wildman–Crippen LogP) is 2.41. The molecule has 2 aromatic rings. The molecule has 0 aliphatic heterocycles. The largest absolute Gasteiger partial charge is 0.467 e. The highest BCUT2D eigenvalue weighted by Gasteiger charge is 2.23. The zero-order valence-corrected chi connectivity index (χ0v) is 14.3. The van der Waals surface area contributed by atoms with Crippen LogP contribution in [-0.4, -0.2) is 35.1 Å². The van der Waals surface area contributed by atoms with Crippen LogP contribution in [0.5, 0.6) is 0 Å². The molecule has 0 aliphatic rings. The van der Waals surface area contributed by atoms with Crippen molar-refractivity contribution in [3.05, 3.63) is 60.1 Å². The minimum atomic E-state index is -0.0820. The Bertz CT molecular complexity index is 596. The summed E-state index contributed by atoms with van der Waals surface area (Å²) in [6.07, 6.45) is 1.59. The van der Waals surface area contributed by atoms with Crippen molar-refractivity contribution in [2.24, 2.45) is 5.92 Å². The Morgan fingerprint density at radius 1 is 1.21 bits per heavy atom. The molecule has 1 heterocycles. The van der Waals surface area contributed by atoms with Gasteiger partial charge in [0, 0.05) is 12.6 Å². The minimum absolute atomic E-state index is 0.0238. The average Bonchev–Trinajstić information content (AvgIpc) is 3.07. The lowest BCUT2D eigenvalue weighted by molar-refractivity contribution is -0.123. The first-order chi connectivity index (χ1) is 11.6. The molecule has 1 aromatic heterocycles. The topological polar surface area (TPSA) is 65.7 Å². The fourth-order valence-electron chi connectivity index (χ4n) is 2.70. The van der Waals surface area contributed by atoms with Crippen LogP contribution in [0.25, 0.3) is 0 Å². The van der Waals surface area contributed by atoms with E-state index in [1.165, 1.54) is 0 Å². The molecule has 1 amide bonds. The maximum absolute atomic E-state index is 12.3. The maximum Gasteiger partial charge on any atom is 0.234 e. The Kier molecular flexibility index (Phi) is 7.03. The molecule has 0 saturated carbocycles. The number of carbonyl (C=O) groups is 1. The van der Waals surface area contributed by atoms with Gasteiger partial charge in [-0.1, -0.05) is 44.2 Å². The number of hydrogen-bond acceptors (Lipinski definition) is 4. The molecule has 2 rings (SSSR count). The number of carbonyl (C=O) groups excluding carboxylic acids is 1. The zero-order valence-electron chi connectivity index (χ0n) is 14.3. The second-order valence-electron chi connectivity index (χ2n) is 6.24. The van der Waals surface area contributed by atoms with Gasteiger partial charge in [-0.3, -0.25) is 9.69 Å². The molecule has 1 atom stereocenters. The third-order valence-electron chi connectivity index (χ3n) is 4.04. The first-order valence-electron chi connectivity index (χ1n) is 8.28. The van der Waals surface area contributed by atoms with Crippen LogP contribution in [0.4, 0.5) is 0 Å². The quantitative estimate of drug-likeness (QED) is 0.741. The van der Waals surface area contributed by atoms with Gasteiger partial charge in [-0.15, -0.1) is 0 Å². The van der Waals surface area contributed by atoms with Crippen molar-refractivity contribution in [2.75, 3.05) is 13.2 Å². The molecule has 0 saturated heterocycles. The van der Waals surface area contributed by atoms with E-state index < -0.39 is 0 Å². The van der Waals surface area contributed by atoms with Crippen LogP contribution in [0.3, 0.4) is 0 Å². The molecular formula is C19H26N2O3. The van der Waals surface area contributed by atoms with E-state index in [0.717, 1.165) is 11.3 Å². The third-order valence-corrected chi connectivity index (χ3v) is 4.04. The number of nitrogens with one attached hydrogen (secondary N) is 1. The Balaban J connectivity index is 1.99. The molecule has 2 N–H and O–H groups in total. The van der Waals surface area contributed by atoms with Crippen molar-refractivity contribution >= 4 is 5.91 Å². The Morgan fingerprint density at radius 3 is 2.54 bits per heavy atom. The highest BCUT2D eigenvalue weighted by Crippen LogP contribution is 2.14.